The molecule has 1 aromatic heterocycles. The second-order valence-electron chi connectivity index (χ2n) is 5.57. The number of azo groups is 1. The Bertz CT molecular complexity index is 898. The van der Waals surface area contributed by atoms with Crippen LogP contribution in [-0.2, 0) is 13.0 Å². The molecule has 0 saturated carbocycles. The molecule has 114 valence electrons. The van der Waals surface area contributed by atoms with Gasteiger partial charge in [0.15, 0.2) is 6.17 Å². The monoisotopic (exact) mass is 322 g/mol. The zero-order valence-corrected chi connectivity index (χ0v) is 13.2. The second kappa shape index (κ2) is 5.97. The summed E-state index contributed by atoms with van der Waals surface area (Å²) in [5.74, 6) is 0. The lowest BCUT2D eigenvalue weighted by molar-refractivity contribution is 0.703. The van der Waals surface area contributed by atoms with Gasteiger partial charge in [-0.15, -0.1) is 5.11 Å². The number of rotatable bonds is 4. The van der Waals surface area contributed by atoms with Crippen LogP contribution < -0.4 is 0 Å². The van der Waals surface area contributed by atoms with Gasteiger partial charge in [-0.25, -0.2) is 4.99 Å². The van der Waals surface area contributed by atoms with E-state index in [0.717, 1.165) is 23.6 Å². The van der Waals surface area contributed by atoms with E-state index in [1.807, 2.05) is 18.2 Å². The molecule has 0 bridgehead atoms. The van der Waals surface area contributed by atoms with Crippen molar-refractivity contribution in [3.05, 3.63) is 70.9 Å². The van der Waals surface area contributed by atoms with E-state index in [0.29, 0.717) is 0 Å². The molecule has 2 heterocycles. The molecule has 1 unspecified atom stereocenters. The lowest BCUT2D eigenvalue weighted by atomic mass is 10.1. The fourth-order valence-corrected chi connectivity index (χ4v) is 3.16. The van der Waals surface area contributed by atoms with Crippen LogP contribution in [0.5, 0.6) is 0 Å². The molecule has 0 aliphatic carbocycles. The Morgan fingerprint density at radius 2 is 1.83 bits per heavy atom. The average molecular weight is 323 g/mol. The van der Waals surface area contributed by atoms with Crippen molar-refractivity contribution in [2.45, 2.75) is 19.1 Å². The van der Waals surface area contributed by atoms with E-state index in [9.17, 15) is 0 Å². The van der Waals surface area contributed by atoms with Crippen LogP contribution in [0, 0.1) is 0 Å². The zero-order valence-electron chi connectivity index (χ0n) is 12.4. The number of aliphatic imine (C=N–C) groups is 1. The highest BCUT2D eigenvalue weighted by atomic mass is 35.5. The minimum absolute atomic E-state index is 0.102. The summed E-state index contributed by atoms with van der Waals surface area (Å²) in [4.78, 5) is 4.26. The van der Waals surface area contributed by atoms with Gasteiger partial charge >= 0.3 is 0 Å². The third kappa shape index (κ3) is 2.78. The van der Waals surface area contributed by atoms with Crippen LogP contribution in [0.4, 0.5) is 0 Å². The molecule has 4 nitrogen and oxygen atoms in total. The van der Waals surface area contributed by atoms with Crippen LogP contribution in [0.1, 0.15) is 11.1 Å². The molecule has 1 aliphatic heterocycles. The van der Waals surface area contributed by atoms with Gasteiger partial charge in [0.05, 0.1) is 0 Å². The van der Waals surface area contributed by atoms with Gasteiger partial charge in [-0.3, -0.25) is 0 Å². The smallest absolute Gasteiger partial charge is 0.166 e. The Kier molecular flexibility index (Phi) is 3.67. The molecular formula is C18H15ClN4. The predicted octanol–water partition coefficient (Wildman–Crippen LogP) is 4.71. The Balaban J connectivity index is 1.73. The standard InChI is InChI=1S/C18H15ClN4/c19-16-7-3-1-5-13(16)10-23-11-14(9-18-20-12-21-22-18)15-6-2-4-8-17(15)23/h1-8,11-12,18H,9-10H2. The average Bonchev–Trinajstić information content (AvgIpc) is 3.19. The van der Waals surface area contributed by atoms with Crippen molar-refractivity contribution in [2.24, 2.45) is 15.2 Å². The van der Waals surface area contributed by atoms with Crippen molar-refractivity contribution in [3.63, 3.8) is 0 Å². The Hall–Kier alpha value is -2.46. The van der Waals surface area contributed by atoms with Gasteiger partial charge in [0.1, 0.15) is 6.34 Å². The molecule has 0 spiro atoms. The Morgan fingerprint density at radius 3 is 2.65 bits per heavy atom. The largest absolute Gasteiger partial charge is 0.343 e. The molecule has 4 rings (SSSR count). The van der Waals surface area contributed by atoms with Crippen molar-refractivity contribution in [1.82, 2.24) is 4.57 Å². The highest BCUT2D eigenvalue weighted by Crippen LogP contribution is 2.26. The van der Waals surface area contributed by atoms with Gasteiger partial charge in [0.25, 0.3) is 0 Å². The summed E-state index contributed by atoms with van der Waals surface area (Å²) >= 11 is 6.31. The molecule has 1 aliphatic rings. The highest BCUT2D eigenvalue weighted by Gasteiger charge is 2.15. The summed E-state index contributed by atoms with van der Waals surface area (Å²) < 4.78 is 2.24. The van der Waals surface area contributed by atoms with Gasteiger partial charge < -0.3 is 4.57 Å². The van der Waals surface area contributed by atoms with Gasteiger partial charge in [0.2, 0.25) is 0 Å². The van der Waals surface area contributed by atoms with E-state index in [4.69, 9.17) is 11.6 Å². The molecule has 0 amide bonds. The lowest BCUT2D eigenvalue weighted by Crippen LogP contribution is -2.02. The number of halogens is 1. The van der Waals surface area contributed by atoms with E-state index in [1.54, 1.807) is 0 Å². The van der Waals surface area contributed by atoms with Crippen molar-refractivity contribution >= 4 is 28.8 Å². The van der Waals surface area contributed by atoms with Crippen molar-refractivity contribution < 1.29 is 0 Å². The fourth-order valence-electron chi connectivity index (χ4n) is 2.96. The van der Waals surface area contributed by atoms with Crippen LogP contribution >= 0.6 is 11.6 Å². The summed E-state index contributed by atoms with van der Waals surface area (Å²) in [5.41, 5.74) is 3.54. The van der Waals surface area contributed by atoms with Crippen LogP contribution in [0.3, 0.4) is 0 Å². The third-order valence-electron chi connectivity index (χ3n) is 4.06. The number of nitrogens with zero attached hydrogens (tertiary/aromatic N) is 4. The van der Waals surface area contributed by atoms with Gasteiger partial charge in [-0.2, -0.15) is 5.11 Å². The van der Waals surface area contributed by atoms with Crippen LogP contribution in [0.15, 0.2) is 69.9 Å². The van der Waals surface area contributed by atoms with E-state index in [2.05, 4.69) is 56.3 Å². The van der Waals surface area contributed by atoms with E-state index in [1.165, 1.54) is 22.8 Å². The molecule has 1 atom stereocenters. The summed E-state index contributed by atoms with van der Waals surface area (Å²) in [7, 11) is 0. The quantitative estimate of drug-likeness (QED) is 0.668. The van der Waals surface area contributed by atoms with Crippen molar-refractivity contribution in [1.29, 1.82) is 0 Å². The second-order valence-corrected chi connectivity index (χ2v) is 5.98. The maximum absolute atomic E-state index is 6.31. The number of fused-ring (bicyclic) bond motifs is 1. The first-order valence-corrected chi connectivity index (χ1v) is 7.91. The maximum atomic E-state index is 6.31. The fraction of sp³-hybridized carbons (Fsp3) is 0.167. The predicted molar refractivity (Wildman–Crippen MR) is 93.3 cm³/mol. The summed E-state index contributed by atoms with van der Waals surface area (Å²) in [6.07, 6.45) is 4.36. The molecule has 0 radical (unpaired) electrons. The minimum atomic E-state index is -0.102. The maximum Gasteiger partial charge on any atom is 0.166 e. The van der Waals surface area contributed by atoms with Crippen LogP contribution in [0.2, 0.25) is 5.02 Å². The van der Waals surface area contributed by atoms with Crippen LogP contribution in [-0.4, -0.2) is 17.1 Å². The first-order chi connectivity index (χ1) is 11.3. The number of hydrogen-bond donors (Lipinski definition) is 0. The van der Waals surface area contributed by atoms with Crippen molar-refractivity contribution in [2.75, 3.05) is 0 Å². The number of benzene rings is 2. The molecule has 23 heavy (non-hydrogen) atoms. The zero-order chi connectivity index (χ0) is 15.6. The van der Waals surface area contributed by atoms with E-state index in [-0.39, 0.29) is 6.17 Å². The van der Waals surface area contributed by atoms with Gasteiger partial charge in [0, 0.05) is 35.1 Å². The minimum Gasteiger partial charge on any atom is -0.343 e. The normalized spacial score (nSPS) is 16.5. The van der Waals surface area contributed by atoms with E-state index < -0.39 is 0 Å². The first kappa shape index (κ1) is 14.2. The summed E-state index contributed by atoms with van der Waals surface area (Å²) in [6.45, 7) is 0.746. The molecule has 0 saturated heterocycles. The number of para-hydroxylation sites is 1. The lowest BCUT2D eigenvalue weighted by Gasteiger charge is -2.07. The molecule has 2 aromatic carbocycles. The van der Waals surface area contributed by atoms with Crippen molar-refractivity contribution in [3.8, 4) is 0 Å². The number of hydrogen-bond acceptors (Lipinski definition) is 3. The van der Waals surface area contributed by atoms with E-state index >= 15 is 0 Å². The third-order valence-corrected chi connectivity index (χ3v) is 4.43. The van der Waals surface area contributed by atoms with Gasteiger partial charge in [-0.05, 0) is 23.3 Å². The highest BCUT2D eigenvalue weighted by molar-refractivity contribution is 6.31. The Labute approximate surface area is 139 Å². The van der Waals surface area contributed by atoms with Crippen LogP contribution in [0.25, 0.3) is 10.9 Å². The number of aromatic nitrogens is 1. The molecule has 0 fully saturated rings. The Morgan fingerprint density at radius 1 is 1.00 bits per heavy atom. The van der Waals surface area contributed by atoms with Gasteiger partial charge in [-0.1, -0.05) is 48.0 Å². The molecular weight excluding hydrogens is 308 g/mol. The summed E-state index contributed by atoms with van der Waals surface area (Å²) in [5, 5.41) is 9.98. The molecule has 3 aromatic rings. The molecule has 5 heteroatoms. The summed E-state index contributed by atoms with van der Waals surface area (Å²) in [6, 6.07) is 16.4. The molecule has 0 N–H and O–H groups in total. The topological polar surface area (TPSA) is 42.0 Å². The first-order valence-electron chi connectivity index (χ1n) is 7.53. The SMILES string of the molecule is Clc1ccccc1Cn1cc(CC2N=CN=N2)c2ccccc21.